The third kappa shape index (κ3) is 4.73. The molecule has 1 saturated heterocycles. The Hall–Kier alpha value is -2.25. The number of anilines is 1. The van der Waals surface area contributed by atoms with Gasteiger partial charge in [0.1, 0.15) is 5.75 Å². The number of hydrogen-bond acceptors (Lipinski definition) is 4. The third-order valence-corrected chi connectivity index (χ3v) is 4.85. The van der Waals surface area contributed by atoms with E-state index < -0.39 is 17.8 Å². The van der Waals surface area contributed by atoms with Crippen LogP contribution in [0, 0.1) is 0 Å². The summed E-state index contributed by atoms with van der Waals surface area (Å²) >= 11 is 0. The number of benzene rings is 2. The van der Waals surface area contributed by atoms with Crippen LogP contribution in [0.4, 0.5) is 18.9 Å². The molecule has 0 unspecified atom stereocenters. The highest BCUT2D eigenvalue weighted by Crippen LogP contribution is 2.31. The fraction of sp³-hybridized carbons (Fsp3) is 0.400. The molecule has 1 fully saturated rings. The van der Waals surface area contributed by atoms with Gasteiger partial charge in [-0.2, -0.15) is 13.2 Å². The third-order valence-electron chi connectivity index (χ3n) is 4.85. The zero-order valence-corrected chi connectivity index (χ0v) is 15.1. The van der Waals surface area contributed by atoms with E-state index in [-0.39, 0.29) is 0 Å². The van der Waals surface area contributed by atoms with Gasteiger partial charge in [-0.25, -0.2) is 0 Å². The number of para-hydroxylation sites is 2. The fourth-order valence-electron chi connectivity index (χ4n) is 3.31. The molecule has 1 aliphatic rings. The number of piperazine rings is 1. The van der Waals surface area contributed by atoms with Gasteiger partial charge in [0.25, 0.3) is 0 Å². The molecule has 2 aromatic rings. The molecule has 27 heavy (non-hydrogen) atoms. The minimum atomic E-state index is -4.36. The number of β-amino-alcohol motifs (C(OH)–C–C–N with tert-alkyl or cyclic N) is 1. The maximum Gasteiger partial charge on any atom is 0.416 e. The second-order valence-corrected chi connectivity index (χ2v) is 6.60. The molecule has 0 aliphatic carbocycles. The molecule has 0 saturated carbocycles. The van der Waals surface area contributed by atoms with Crippen LogP contribution >= 0.6 is 0 Å². The number of alkyl halides is 3. The van der Waals surface area contributed by atoms with Gasteiger partial charge in [0, 0.05) is 32.7 Å². The van der Waals surface area contributed by atoms with Crippen molar-refractivity contribution < 1.29 is 23.0 Å². The van der Waals surface area contributed by atoms with Crippen LogP contribution in [0.25, 0.3) is 0 Å². The summed E-state index contributed by atoms with van der Waals surface area (Å²) in [6, 6.07) is 12.6. The van der Waals surface area contributed by atoms with Crippen molar-refractivity contribution in [3.05, 3.63) is 59.7 Å². The second-order valence-electron chi connectivity index (χ2n) is 6.60. The molecule has 3 rings (SSSR count). The summed E-state index contributed by atoms with van der Waals surface area (Å²) < 4.78 is 43.3. The number of hydrogen-bond donors (Lipinski definition) is 1. The van der Waals surface area contributed by atoms with Gasteiger partial charge in [0.15, 0.2) is 0 Å². The Labute approximate surface area is 156 Å². The SMILES string of the molecule is COc1ccccc1N1CCN(C[C@H](O)c2ccc(C(F)(F)F)cc2)CC1. The van der Waals surface area contributed by atoms with E-state index in [2.05, 4.69) is 9.80 Å². The minimum Gasteiger partial charge on any atom is -0.495 e. The van der Waals surface area contributed by atoms with E-state index in [1.54, 1.807) is 7.11 Å². The van der Waals surface area contributed by atoms with Crippen molar-refractivity contribution in [2.24, 2.45) is 0 Å². The summed E-state index contributed by atoms with van der Waals surface area (Å²) in [5.74, 6) is 0.829. The molecule has 1 heterocycles. The summed E-state index contributed by atoms with van der Waals surface area (Å²) in [5.41, 5.74) is 0.835. The van der Waals surface area contributed by atoms with Crippen LogP contribution in [-0.2, 0) is 6.18 Å². The van der Waals surface area contributed by atoms with Crippen LogP contribution < -0.4 is 9.64 Å². The van der Waals surface area contributed by atoms with Gasteiger partial charge in [0.05, 0.1) is 24.5 Å². The first-order valence-corrected chi connectivity index (χ1v) is 8.84. The predicted molar refractivity (Wildman–Crippen MR) is 98.1 cm³/mol. The summed E-state index contributed by atoms with van der Waals surface area (Å²) in [7, 11) is 1.65. The lowest BCUT2D eigenvalue weighted by atomic mass is 10.1. The lowest BCUT2D eigenvalue weighted by Gasteiger charge is -2.37. The Morgan fingerprint density at radius 1 is 1.00 bits per heavy atom. The fourth-order valence-corrected chi connectivity index (χ4v) is 3.31. The van der Waals surface area contributed by atoms with Gasteiger partial charge in [-0.05, 0) is 29.8 Å². The monoisotopic (exact) mass is 380 g/mol. The van der Waals surface area contributed by atoms with Crippen LogP contribution in [0.1, 0.15) is 17.2 Å². The van der Waals surface area contributed by atoms with Crippen LogP contribution in [0.5, 0.6) is 5.75 Å². The standard InChI is InChI=1S/C20H23F3N2O2/c1-27-19-5-3-2-4-17(19)25-12-10-24(11-13-25)14-18(26)15-6-8-16(9-7-15)20(21,22)23/h2-9,18,26H,10-14H2,1H3/t18-/m0/s1. The molecule has 0 bridgehead atoms. The molecule has 1 atom stereocenters. The first-order valence-electron chi connectivity index (χ1n) is 8.84. The smallest absolute Gasteiger partial charge is 0.416 e. The molecule has 0 amide bonds. The largest absolute Gasteiger partial charge is 0.495 e. The topological polar surface area (TPSA) is 35.9 Å². The second kappa shape index (κ2) is 8.19. The number of rotatable bonds is 5. The van der Waals surface area contributed by atoms with Gasteiger partial charge < -0.3 is 14.7 Å². The Morgan fingerprint density at radius 2 is 1.63 bits per heavy atom. The first kappa shape index (κ1) is 19.5. The molecule has 4 nitrogen and oxygen atoms in total. The number of ether oxygens (including phenoxy) is 1. The van der Waals surface area contributed by atoms with Crippen molar-refractivity contribution in [1.82, 2.24) is 4.90 Å². The van der Waals surface area contributed by atoms with Crippen LogP contribution in [0.3, 0.4) is 0 Å². The maximum atomic E-state index is 12.6. The first-order chi connectivity index (χ1) is 12.9. The van der Waals surface area contributed by atoms with Crippen LogP contribution in [0.2, 0.25) is 0 Å². The van der Waals surface area contributed by atoms with E-state index in [9.17, 15) is 18.3 Å². The zero-order chi connectivity index (χ0) is 19.4. The van der Waals surface area contributed by atoms with Crippen molar-refractivity contribution in [3.8, 4) is 5.75 Å². The number of methoxy groups -OCH3 is 1. The van der Waals surface area contributed by atoms with Crippen molar-refractivity contribution in [2.75, 3.05) is 44.7 Å². The van der Waals surface area contributed by atoms with Crippen molar-refractivity contribution in [3.63, 3.8) is 0 Å². The van der Waals surface area contributed by atoms with Gasteiger partial charge in [-0.15, -0.1) is 0 Å². The summed E-state index contributed by atoms with van der Waals surface area (Å²) in [4.78, 5) is 4.36. The Balaban J connectivity index is 1.56. The summed E-state index contributed by atoms with van der Waals surface area (Å²) in [6.07, 6.45) is -5.18. The molecule has 7 heteroatoms. The van der Waals surface area contributed by atoms with Crippen LogP contribution in [0.15, 0.2) is 48.5 Å². The Kier molecular flexibility index (Phi) is 5.92. The number of aliphatic hydroxyl groups excluding tert-OH is 1. The summed E-state index contributed by atoms with van der Waals surface area (Å²) in [5, 5.41) is 10.4. The highest BCUT2D eigenvalue weighted by atomic mass is 19.4. The highest BCUT2D eigenvalue weighted by Gasteiger charge is 2.30. The molecular formula is C20H23F3N2O2. The number of aliphatic hydroxyl groups is 1. The maximum absolute atomic E-state index is 12.6. The zero-order valence-electron chi connectivity index (χ0n) is 15.1. The van der Waals surface area contributed by atoms with E-state index in [4.69, 9.17) is 4.74 Å². The van der Waals surface area contributed by atoms with Gasteiger partial charge in [-0.3, -0.25) is 4.90 Å². The Morgan fingerprint density at radius 3 is 2.22 bits per heavy atom. The molecule has 1 N–H and O–H groups in total. The van der Waals surface area contributed by atoms with Gasteiger partial charge >= 0.3 is 6.18 Å². The molecule has 1 aliphatic heterocycles. The van der Waals surface area contributed by atoms with Crippen LogP contribution in [-0.4, -0.2) is 49.8 Å². The van der Waals surface area contributed by atoms with E-state index in [1.807, 2.05) is 24.3 Å². The lowest BCUT2D eigenvalue weighted by Crippen LogP contribution is -2.47. The minimum absolute atomic E-state index is 0.394. The highest BCUT2D eigenvalue weighted by molar-refractivity contribution is 5.58. The number of nitrogens with zero attached hydrogens (tertiary/aromatic N) is 2. The van der Waals surface area contributed by atoms with E-state index in [0.717, 1.165) is 49.7 Å². The predicted octanol–water partition coefficient (Wildman–Crippen LogP) is 3.57. The average molecular weight is 380 g/mol. The summed E-state index contributed by atoms with van der Waals surface area (Å²) in [6.45, 7) is 3.50. The quantitative estimate of drug-likeness (QED) is 0.860. The molecule has 2 aromatic carbocycles. The number of halogens is 3. The van der Waals surface area contributed by atoms with Crippen molar-refractivity contribution in [1.29, 1.82) is 0 Å². The van der Waals surface area contributed by atoms with E-state index in [1.165, 1.54) is 12.1 Å². The average Bonchev–Trinajstić information content (AvgIpc) is 2.68. The lowest BCUT2D eigenvalue weighted by molar-refractivity contribution is -0.137. The molecule has 0 aromatic heterocycles. The van der Waals surface area contributed by atoms with Gasteiger partial charge in [0.2, 0.25) is 0 Å². The molecular weight excluding hydrogens is 357 g/mol. The van der Waals surface area contributed by atoms with Crippen molar-refractivity contribution >= 4 is 5.69 Å². The van der Waals surface area contributed by atoms with Gasteiger partial charge in [-0.1, -0.05) is 24.3 Å². The van der Waals surface area contributed by atoms with E-state index in [0.29, 0.717) is 12.1 Å². The van der Waals surface area contributed by atoms with E-state index >= 15 is 0 Å². The molecule has 0 radical (unpaired) electrons. The molecule has 146 valence electrons. The molecule has 0 spiro atoms. The normalized spacial score (nSPS) is 17.0. The Bertz CT molecular complexity index is 742. The van der Waals surface area contributed by atoms with Crippen molar-refractivity contribution in [2.45, 2.75) is 12.3 Å².